The molecule has 132 valence electrons. The van der Waals surface area contributed by atoms with Crippen LogP contribution in [0.25, 0.3) is 0 Å². The second kappa shape index (κ2) is 6.51. The van der Waals surface area contributed by atoms with Gasteiger partial charge in [0.15, 0.2) is 17.2 Å². The first-order valence-electron chi connectivity index (χ1n) is 7.87. The Hall–Kier alpha value is -0.363. The van der Waals surface area contributed by atoms with E-state index in [1.54, 1.807) is 0 Å². The second-order valence-electron chi connectivity index (χ2n) is 8.34. The van der Waals surface area contributed by atoms with E-state index in [-0.39, 0.29) is 10.6 Å². The third-order valence-corrected chi connectivity index (χ3v) is 13.6. The average molecular weight is 375 g/mol. The van der Waals surface area contributed by atoms with E-state index in [0.717, 1.165) is 5.56 Å². The van der Waals surface area contributed by atoms with Gasteiger partial charge >= 0.3 is 0 Å². The zero-order valence-corrected chi connectivity index (χ0v) is 18.5. The van der Waals surface area contributed by atoms with E-state index in [1.165, 1.54) is 0 Å². The fraction of sp³-hybridized carbons (Fsp3) is 0.647. The van der Waals surface area contributed by atoms with Gasteiger partial charge in [-0.15, -0.1) is 0 Å². The molecule has 0 saturated heterocycles. The summed E-state index contributed by atoms with van der Waals surface area (Å²) < 4.78 is 17.6. The monoisotopic (exact) mass is 374 g/mol. The molecule has 0 heterocycles. The maximum Gasteiger partial charge on any atom is 0.194 e. The van der Waals surface area contributed by atoms with E-state index in [2.05, 4.69) is 56.6 Å². The minimum Gasteiger partial charge on any atom is -0.300 e. The molecule has 0 bridgehead atoms. The van der Waals surface area contributed by atoms with Crippen molar-refractivity contribution in [2.24, 2.45) is 4.03 Å². The average Bonchev–Trinajstić information content (AvgIpc) is 2.36. The summed E-state index contributed by atoms with van der Waals surface area (Å²) in [6, 6.07) is 7.70. The molecule has 3 nitrogen and oxygen atoms in total. The Labute approximate surface area is 148 Å². The van der Waals surface area contributed by atoms with Gasteiger partial charge in [-0.1, -0.05) is 32.9 Å². The van der Waals surface area contributed by atoms with E-state index in [9.17, 15) is 4.21 Å². The predicted molar refractivity (Wildman–Crippen MR) is 105 cm³/mol. The molecule has 1 aromatic carbocycles. The van der Waals surface area contributed by atoms with Gasteiger partial charge in [-0.3, -0.25) is 4.03 Å². The smallest absolute Gasteiger partial charge is 0.194 e. The van der Waals surface area contributed by atoms with Crippen molar-refractivity contribution in [3.63, 3.8) is 0 Å². The fourth-order valence-electron chi connectivity index (χ4n) is 1.77. The Bertz CT molecular complexity index is 667. The lowest BCUT2D eigenvalue weighted by atomic mass is 9.93. The molecule has 0 saturated carbocycles. The highest BCUT2D eigenvalue weighted by molar-refractivity contribution is 8.16. The van der Waals surface area contributed by atoms with Gasteiger partial charge in [0.2, 0.25) is 0 Å². The van der Waals surface area contributed by atoms with Crippen molar-refractivity contribution in [3.05, 3.63) is 29.8 Å². The SMILES string of the molecule is CN(C)C(C)(C)c1ccc(S(=O)(Cl)=N[Si](C)(C)C(C)(C)C)cc1. The number of rotatable bonds is 4. The molecule has 0 amide bonds. The minimum atomic E-state index is -2.89. The van der Waals surface area contributed by atoms with Crippen LogP contribution in [0, 0.1) is 0 Å². The summed E-state index contributed by atoms with van der Waals surface area (Å²) in [6.07, 6.45) is 0. The molecule has 6 heteroatoms. The topological polar surface area (TPSA) is 32.7 Å². The maximum absolute atomic E-state index is 13.0. The molecule has 0 aromatic heterocycles. The van der Waals surface area contributed by atoms with Gasteiger partial charge in [0.1, 0.15) is 0 Å². The van der Waals surface area contributed by atoms with Crippen LogP contribution in [-0.2, 0) is 14.5 Å². The molecule has 0 aliphatic rings. The van der Waals surface area contributed by atoms with E-state index in [0.29, 0.717) is 4.90 Å². The van der Waals surface area contributed by atoms with Gasteiger partial charge in [-0.2, -0.15) is 0 Å². The first kappa shape index (κ1) is 20.7. The summed E-state index contributed by atoms with van der Waals surface area (Å²) in [4.78, 5) is 2.75. The summed E-state index contributed by atoms with van der Waals surface area (Å²) >= 11 is 0. The lowest BCUT2D eigenvalue weighted by Gasteiger charge is -2.33. The summed E-state index contributed by atoms with van der Waals surface area (Å²) in [5, 5.41) is 0.0113. The Kier molecular flexibility index (Phi) is 5.85. The van der Waals surface area contributed by atoms with Gasteiger partial charge in [0.25, 0.3) is 0 Å². The van der Waals surface area contributed by atoms with Crippen LogP contribution in [0.1, 0.15) is 40.2 Å². The van der Waals surface area contributed by atoms with Crippen LogP contribution >= 0.6 is 10.7 Å². The third kappa shape index (κ3) is 4.59. The van der Waals surface area contributed by atoms with Gasteiger partial charge < -0.3 is 4.90 Å². The van der Waals surface area contributed by atoms with Crippen molar-refractivity contribution in [1.82, 2.24) is 4.90 Å². The number of hydrogen-bond donors (Lipinski definition) is 0. The molecule has 1 atom stereocenters. The van der Waals surface area contributed by atoms with Crippen molar-refractivity contribution in [1.29, 1.82) is 0 Å². The summed E-state index contributed by atoms with van der Waals surface area (Å²) in [5.74, 6) is 0. The highest BCUT2D eigenvalue weighted by Crippen LogP contribution is 2.39. The second-order valence-corrected chi connectivity index (χ2v) is 16.3. The Balaban J connectivity index is 3.30. The molecular formula is C17H31ClN2OSSi. The van der Waals surface area contributed by atoms with Crippen LogP contribution in [0.15, 0.2) is 33.2 Å². The molecule has 0 aliphatic heterocycles. The lowest BCUT2D eigenvalue weighted by molar-refractivity contribution is 0.197. The van der Waals surface area contributed by atoms with Crippen molar-refractivity contribution < 1.29 is 4.21 Å². The standard InChI is InChI=1S/C17H31ClN2OSSi/c1-16(2,3)23(8,9)19-22(18,21)15-12-10-14(11-13-15)17(4,5)20(6)7/h10-13H,1-9H3. The molecular weight excluding hydrogens is 344 g/mol. The minimum absolute atomic E-state index is 0.0113. The third-order valence-electron chi connectivity index (χ3n) is 5.15. The lowest BCUT2D eigenvalue weighted by Crippen LogP contribution is -2.36. The molecule has 1 rings (SSSR count). The number of halogens is 1. The highest BCUT2D eigenvalue weighted by Gasteiger charge is 2.37. The van der Waals surface area contributed by atoms with Crippen molar-refractivity contribution in [2.75, 3.05) is 14.1 Å². The maximum atomic E-state index is 13.0. The molecule has 0 fully saturated rings. The summed E-state index contributed by atoms with van der Waals surface area (Å²) in [5.41, 5.74) is 1.06. The highest BCUT2D eigenvalue weighted by atomic mass is 35.7. The van der Waals surface area contributed by atoms with Crippen molar-refractivity contribution in [2.45, 2.75) is 63.2 Å². The van der Waals surface area contributed by atoms with Crippen molar-refractivity contribution >= 4 is 27.9 Å². The fourth-order valence-corrected chi connectivity index (χ4v) is 7.97. The number of hydrogen-bond acceptors (Lipinski definition) is 3. The molecule has 0 aliphatic carbocycles. The van der Waals surface area contributed by atoms with Gasteiger partial charge in [0, 0.05) is 16.2 Å². The van der Waals surface area contributed by atoms with Gasteiger partial charge in [-0.25, -0.2) is 4.21 Å². The summed E-state index contributed by atoms with van der Waals surface area (Å²) in [7, 11) is 5.49. The zero-order chi connectivity index (χ0) is 18.3. The molecule has 0 radical (unpaired) electrons. The zero-order valence-electron chi connectivity index (χ0n) is 15.9. The Morgan fingerprint density at radius 3 is 1.83 bits per heavy atom. The van der Waals surface area contributed by atoms with Crippen LogP contribution in [0.3, 0.4) is 0 Å². The van der Waals surface area contributed by atoms with Gasteiger partial charge in [0.05, 0.1) is 4.90 Å². The Morgan fingerprint density at radius 2 is 1.48 bits per heavy atom. The first-order chi connectivity index (χ1) is 10.1. The van der Waals surface area contributed by atoms with Crippen LogP contribution in [0.5, 0.6) is 0 Å². The summed E-state index contributed by atoms with van der Waals surface area (Å²) in [6.45, 7) is 14.9. The Morgan fingerprint density at radius 1 is 1.04 bits per heavy atom. The first-order valence-corrected chi connectivity index (χ1v) is 13.2. The predicted octanol–water partition coefficient (Wildman–Crippen LogP) is 5.47. The van der Waals surface area contributed by atoms with E-state index >= 15 is 0 Å². The van der Waals surface area contributed by atoms with Crippen LogP contribution in [0.4, 0.5) is 0 Å². The molecule has 0 spiro atoms. The van der Waals surface area contributed by atoms with E-state index in [4.69, 9.17) is 10.7 Å². The van der Waals surface area contributed by atoms with E-state index < -0.39 is 17.2 Å². The molecule has 23 heavy (non-hydrogen) atoms. The quantitative estimate of drug-likeness (QED) is 0.517. The molecule has 0 N–H and O–H groups in total. The van der Waals surface area contributed by atoms with E-state index in [1.807, 2.05) is 38.4 Å². The number of nitrogens with zero attached hydrogens (tertiary/aromatic N) is 2. The molecule has 1 unspecified atom stereocenters. The van der Waals surface area contributed by atoms with Crippen molar-refractivity contribution in [3.8, 4) is 0 Å². The van der Waals surface area contributed by atoms with Crippen LogP contribution in [-0.4, -0.2) is 31.4 Å². The van der Waals surface area contributed by atoms with Crippen LogP contribution < -0.4 is 0 Å². The number of benzene rings is 1. The van der Waals surface area contributed by atoms with Crippen LogP contribution in [0.2, 0.25) is 18.1 Å². The normalized spacial score (nSPS) is 16.3. The largest absolute Gasteiger partial charge is 0.300 e. The molecule has 1 aromatic rings. The van der Waals surface area contributed by atoms with Gasteiger partial charge in [-0.05, 0) is 63.8 Å².